The summed E-state index contributed by atoms with van der Waals surface area (Å²) in [7, 11) is 1.44. The van der Waals surface area contributed by atoms with Crippen molar-refractivity contribution in [1.82, 2.24) is 0 Å². The Balaban J connectivity index is 2.40. The van der Waals surface area contributed by atoms with E-state index in [4.69, 9.17) is 9.47 Å². The molecular formula is C18H26O3. The van der Waals surface area contributed by atoms with E-state index in [0.717, 1.165) is 37.7 Å². The molecule has 1 aliphatic carbocycles. The third kappa shape index (κ3) is 3.58. The fourth-order valence-electron chi connectivity index (χ4n) is 2.92. The molecule has 0 unspecified atom stereocenters. The Kier molecular flexibility index (Phi) is 4.92. The van der Waals surface area contributed by atoms with Crippen LogP contribution < -0.4 is 4.74 Å². The number of fused-ring (bicyclic) bond motifs is 1. The second-order valence-electron chi connectivity index (χ2n) is 6.61. The minimum Gasteiger partial charge on any atom is -0.493 e. The minimum absolute atomic E-state index is 0.220. The van der Waals surface area contributed by atoms with Crippen LogP contribution in [0.4, 0.5) is 0 Å². The standard InChI is InChI=1S/C18H26O3/c1-5-6-11-21-15-8-7-13-9-10-18(2,3)12-14(13)16(15)17(19)20-4/h7-8H,5-6,9-12H2,1-4H3. The van der Waals surface area contributed by atoms with Crippen molar-refractivity contribution in [3.63, 3.8) is 0 Å². The molecule has 1 aromatic carbocycles. The molecule has 0 saturated heterocycles. The number of aryl methyl sites for hydroxylation is 1. The molecule has 0 fully saturated rings. The smallest absolute Gasteiger partial charge is 0.341 e. The molecule has 2 rings (SSSR count). The molecule has 0 spiro atoms. The average molecular weight is 290 g/mol. The molecule has 0 radical (unpaired) electrons. The van der Waals surface area contributed by atoms with Crippen LogP contribution in [0.3, 0.4) is 0 Å². The van der Waals surface area contributed by atoms with Crippen LogP contribution in [0.5, 0.6) is 5.75 Å². The molecule has 0 aromatic heterocycles. The summed E-state index contributed by atoms with van der Waals surface area (Å²) < 4.78 is 10.8. The number of benzene rings is 1. The highest BCUT2D eigenvalue weighted by Gasteiger charge is 2.30. The zero-order valence-corrected chi connectivity index (χ0v) is 13.6. The second kappa shape index (κ2) is 6.50. The van der Waals surface area contributed by atoms with Gasteiger partial charge in [-0.3, -0.25) is 0 Å². The largest absolute Gasteiger partial charge is 0.493 e. The first-order valence-corrected chi connectivity index (χ1v) is 7.84. The summed E-state index contributed by atoms with van der Waals surface area (Å²) in [5.41, 5.74) is 3.24. The summed E-state index contributed by atoms with van der Waals surface area (Å²) >= 11 is 0. The summed E-state index contributed by atoms with van der Waals surface area (Å²) in [4.78, 5) is 12.2. The van der Waals surface area contributed by atoms with Crippen LogP contribution in [0.25, 0.3) is 0 Å². The van der Waals surface area contributed by atoms with Crippen molar-refractivity contribution in [3.05, 3.63) is 28.8 Å². The van der Waals surface area contributed by atoms with Crippen molar-refractivity contribution in [2.24, 2.45) is 5.41 Å². The van der Waals surface area contributed by atoms with Gasteiger partial charge in [-0.05, 0) is 48.3 Å². The maximum absolute atomic E-state index is 12.2. The lowest BCUT2D eigenvalue weighted by Crippen LogP contribution is -2.25. The zero-order chi connectivity index (χ0) is 15.5. The van der Waals surface area contributed by atoms with Crippen LogP contribution in [0.15, 0.2) is 12.1 Å². The SMILES string of the molecule is CCCCOc1ccc2c(c1C(=O)OC)CC(C)(C)CC2. The third-order valence-corrected chi connectivity index (χ3v) is 4.24. The number of esters is 1. The summed E-state index contributed by atoms with van der Waals surface area (Å²) in [6.07, 6.45) is 5.13. The highest BCUT2D eigenvalue weighted by atomic mass is 16.5. The number of unbranched alkanes of at least 4 members (excludes halogenated alkanes) is 1. The number of methoxy groups -OCH3 is 1. The van der Waals surface area contributed by atoms with Crippen molar-refractivity contribution in [2.45, 2.75) is 52.9 Å². The Bertz CT molecular complexity index is 517. The summed E-state index contributed by atoms with van der Waals surface area (Å²) in [5.74, 6) is 0.391. The summed E-state index contributed by atoms with van der Waals surface area (Å²) in [5, 5.41) is 0. The van der Waals surface area contributed by atoms with E-state index < -0.39 is 0 Å². The highest BCUT2D eigenvalue weighted by Crippen LogP contribution is 2.39. The van der Waals surface area contributed by atoms with E-state index in [0.29, 0.717) is 17.9 Å². The molecule has 0 heterocycles. The van der Waals surface area contributed by atoms with Crippen molar-refractivity contribution < 1.29 is 14.3 Å². The molecule has 0 aliphatic heterocycles. The Hall–Kier alpha value is -1.51. The lowest BCUT2D eigenvalue weighted by Gasteiger charge is -2.32. The maximum Gasteiger partial charge on any atom is 0.341 e. The van der Waals surface area contributed by atoms with Gasteiger partial charge in [0, 0.05) is 0 Å². The first-order chi connectivity index (χ1) is 9.98. The Morgan fingerprint density at radius 2 is 2.10 bits per heavy atom. The normalized spacial score (nSPS) is 16.2. The molecule has 0 bridgehead atoms. The van der Waals surface area contributed by atoms with Crippen LogP contribution in [-0.4, -0.2) is 19.7 Å². The number of carbonyl (C=O) groups excluding carboxylic acids is 1. The molecular weight excluding hydrogens is 264 g/mol. The van der Waals surface area contributed by atoms with Gasteiger partial charge in [0.1, 0.15) is 11.3 Å². The second-order valence-corrected chi connectivity index (χ2v) is 6.61. The number of hydrogen-bond acceptors (Lipinski definition) is 3. The molecule has 0 amide bonds. The topological polar surface area (TPSA) is 35.5 Å². The predicted octanol–water partition coefficient (Wildman–Crippen LogP) is 4.17. The van der Waals surface area contributed by atoms with Crippen LogP contribution in [0.1, 0.15) is 61.5 Å². The van der Waals surface area contributed by atoms with E-state index in [-0.39, 0.29) is 11.4 Å². The molecule has 0 atom stereocenters. The van der Waals surface area contributed by atoms with Gasteiger partial charge >= 0.3 is 5.97 Å². The molecule has 1 aliphatic rings. The fraction of sp³-hybridized carbons (Fsp3) is 0.611. The molecule has 0 saturated carbocycles. The quantitative estimate of drug-likeness (QED) is 0.603. The molecule has 0 N–H and O–H groups in total. The van der Waals surface area contributed by atoms with Gasteiger partial charge in [-0.1, -0.05) is 33.3 Å². The van der Waals surface area contributed by atoms with Crippen molar-refractivity contribution in [1.29, 1.82) is 0 Å². The predicted molar refractivity (Wildman–Crippen MR) is 84.0 cm³/mol. The summed E-state index contributed by atoms with van der Waals surface area (Å²) in [6.45, 7) is 7.27. The van der Waals surface area contributed by atoms with Gasteiger partial charge < -0.3 is 9.47 Å². The van der Waals surface area contributed by atoms with Crippen LogP contribution in [0.2, 0.25) is 0 Å². The van der Waals surface area contributed by atoms with Crippen molar-refractivity contribution in [2.75, 3.05) is 13.7 Å². The Morgan fingerprint density at radius 1 is 1.33 bits per heavy atom. The fourth-order valence-corrected chi connectivity index (χ4v) is 2.92. The van der Waals surface area contributed by atoms with Crippen LogP contribution >= 0.6 is 0 Å². The number of rotatable bonds is 5. The lowest BCUT2D eigenvalue weighted by molar-refractivity contribution is 0.0593. The number of carbonyl (C=O) groups is 1. The zero-order valence-electron chi connectivity index (χ0n) is 13.6. The number of ether oxygens (including phenoxy) is 2. The third-order valence-electron chi connectivity index (χ3n) is 4.24. The van der Waals surface area contributed by atoms with E-state index in [1.54, 1.807) is 0 Å². The van der Waals surface area contributed by atoms with E-state index in [9.17, 15) is 4.79 Å². The maximum atomic E-state index is 12.2. The molecule has 3 heteroatoms. The van der Waals surface area contributed by atoms with E-state index in [2.05, 4.69) is 26.8 Å². The molecule has 1 aromatic rings. The van der Waals surface area contributed by atoms with Crippen LogP contribution in [0, 0.1) is 5.41 Å². The van der Waals surface area contributed by atoms with E-state index in [1.165, 1.54) is 12.7 Å². The van der Waals surface area contributed by atoms with Crippen molar-refractivity contribution >= 4 is 5.97 Å². The van der Waals surface area contributed by atoms with Gasteiger partial charge in [-0.25, -0.2) is 4.79 Å². The Labute approximate surface area is 127 Å². The van der Waals surface area contributed by atoms with Crippen molar-refractivity contribution in [3.8, 4) is 5.75 Å². The van der Waals surface area contributed by atoms with Gasteiger partial charge in [0.05, 0.1) is 13.7 Å². The van der Waals surface area contributed by atoms with E-state index in [1.807, 2.05) is 6.07 Å². The molecule has 116 valence electrons. The van der Waals surface area contributed by atoms with Gasteiger partial charge in [-0.2, -0.15) is 0 Å². The summed E-state index contributed by atoms with van der Waals surface area (Å²) in [6, 6.07) is 4.04. The lowest BCUT2D eigenvalue weighted by atomic mass is 9.73. The van der Waals surface area contributed by atoms with Gasteiger partial charge in [0.2, 0.25) is 0 Å². The minimum atomic E-state index is -0.281. The first kappa shape index (κ1) is 15.9. The average Bonchev–Trinajstić information content (AvgIpc) is 2.45. The van der Waals surface area contributed by atoms with Crippen LogP contribution in [-0.2, 0) is 17.6 Å². The highest BCUT2D eigenvalue weighted by molar-refractivity contribution is 5.94. The van der Waals surface area contributed by atoms with E-state index >= 15 is 0 Å². The number of hydrogen-bond donors (Lipinski definition) is 0. The molecule has 21 heavy (non-hydrogen) atoms. The van der Waals surface area contributed by atoms with Gasteiger partial charge in [0.25, 0.3) is 0 Å². The monoisotopic (exact) mass is 290 g/mol. The van der Waals surface area contributed by atoms with Gasteiger partial charge in [-0.15, -0.1) is 0 Å². The Morgan fingerprint density at radius 3 is 2.76 bits per heavy atom. The first-order valence-electron chi connectivity index (χ1n) is 7.84. The molecule has 3 nitrogen and oxygen atoms in total. The van der Waals surface area contributed by atoms with Gasteiger partial charge in [0.15, 0.2) is 0 Å².